The van der Waals surface area contributed by atoms with Gasteiger partial charge in [-0.15, -0.1) is 0 Å². The van der Waals surface area contributed by atoms with Gasteiger partial charge in [0.05, 0.1) is 12.7 Å². The molecule has 0 spiro atoms. The van der Waals surface area contributed by atoms with Gasteiger partial charge >= 0.3 is 0 Å². The van der Waals surface area contributed by atoms with Crippen molar-refractivity contribution in [3.63, 3.8) is 0 Å². The molecule has 78 valence electrons. The topological polar surface area (TPSA) is 49.7 Å². The smallest absolute Gasteiger partial charge is 0.187 e. The molecular weight excluding hydrogens is 184 g/mol. The van der Waals surface area contributed by atoms with Crippen molar-refractivity contribution in [3.8, 4) is 0 Å². The molecule has 0 amide bonds. The fourth-order valence-corrected chi connectivity index (χ4v) is 4.16. The first-order valence-electron chi connectivity index (χ1n) is 5.00. The fourth-order valence-electron chi connectivity index (χ4n) is 1.87. The molecule has 1 aliphatic heterocycles. The van der Waals surface area contributed by atoms with E-state index in [0.717, 1.165) is 6.42 Å². The van der Waals surface area contributed by atoms with Crippen LogP contribution in [0.2, 0.25) is 19.1 Å². The number of hydrogen-bond acceptors (Lipinski definition) is 3. The molecule has 1 saturated heterocycles. The second-order valence-corrected chi connectivity index (χ2v) is 8.72. The Hall–Kier alpha value is 0.0969. The van der Waals surface area contributed by atoms with Gasteiger partial charge in [0, 0.05) is 12.5 Å². The van der Waals surface area contributed by atoms with Crippen LogP contribution in [0.3, 0.4) is 0 Å². The van der Waals surface area contributed by atoms with Gasteiger partial charge in [-0.2, -0.15) is 0 Å². The van der Waals surface area contributed by atoms with Gasteiger partial charge in [-0.25, -0.2) is 0 Å². The average Bonchev–Trinajstić information content (AvgIpc) is 2.02. The Bertz CT molecular complexity index is 161. The van der Waals surface area contributed by atoms with E-state index in [1.165, 1.54) is 12.5 Å². The predicted octanol–water partition coefficient (Wildman–Crippen LogP) is 1.11. The van der Waals surface area contributed by atoms with Crippen molar-refractivity contribution < 1.29 is 14.6 Å². The van der Waals surface area contributed by atoms with Crippen LogP contribution >= 0.6 is 0 Å². The van der Waals surface area contributed by atoms with Crippen molar-refractivity contribution in [2.24, 2.45) is 0 Å². The molecule has 0 aromatic carbocycles. The second-order valence-electron chi connectivity index (χ2n) is 4.46. The molecule has 2 atom stereocenters. The summed E-state index contributed by atoms with van der Waals surface area (Å²) in [5, 5.41) is 18.0. The number of aliphatic hydroxyl groups is 2. The Morgan fingerprint density at radius 2 is 2.23 bits per heavy atom. The predicted molar refractivity (Wildman–Crippen MR) is 54.1 cm³/mol. The molecule has 3 nitrogen and oxygen atoms in total. The lowest BCUT2D eigenvalue weighted by molar-refractivity contribution is 0.0398. The lowest BCUT2D eigenvalue weighted by atomic mass is 10.1. The van der Waals surface area contributed by atoms with Gasteiger partial charge < -0.3 is 14.6 Å². The molecule has 1 rings (SSSR count). The molecule has 0 saturated carbocycles. The third-order valence-electron chi connectivity index (χ3n) is 2.54. The fraction of sp³-hybridized carbons (Fsp3) is 1.00. The molecule has 0 aliphatic carbocycles. The normalized spacial score (nSPS) is 30.0. The molecule has 1 aliphatic rings. The molecule has 2 N–H and O–H groups in total. The molecule has 0 bridgehead atoms. The van der Waals surface area contributed by atoms with E-state index in [-0.39, 0.29) is 12.7 Å². The minimum Gasteiger partial charge on any atom is -0.414 e. The molecule has 13 heavy (non-hydrogen) atoms. The Labute approximate surface area is 80.9 Å². The zero-order valence-electron chi connectivity index (χ0n) is 8.49. The molecule has 1 heterocycles. The molecule has 4 heteroatoms. The third kappa shape index (κ3) is 3.77. The number of hydrogen-bond donors (Lipinski definition) is 2. The quantitative estimate of drug-likeness (QED) is 0.677. The van der Waals surface area contributed by atoms with Crippen LogP contribution in [0.1, 0.15) is 19.3 Å². The van der Waals surface area contributed by atoms with Gasteiger partial charge in [0.25, 0.3) is 0 Å². The van der Waals surface area contributed by atoms with Crippen LogP contribution in [-0.4, -0.2) is 37.3 Å². The van der Waals surface area contributed by atoms with Crippen LogP contribution in [0, 0.1) is 0 Å². The van der Waals surface area contributed by atoms with Crippen molar-refractivity contribution in [2.45, 2.75) is 50.6 Å². The van der Waals surface area contributed by atoms with E-state index in [1.807, 2.05) is 0 Å². The van der Waals surface area contributed by atoms with E-state index in [2.05, 4.69) is 13.1 Å². The van der Waals surface area contributed by atoms with E-state index in [1.54, 1.807) is 0 Å². The van der Waals surface area contributed by atoms with Crippen molar-refractivity contribution in [2.75, 3.05) is 6.61 Å². The molecule has 0 aromatic heterocycles. The van der Waals surface area contributed by atoms with Crippen LogP contribution in [0.5, 0.6) is 0 Å². The summed E-state index contributed by atoms with van der Waals surface area (Å²) < 4.78 is 5.91. The summed E-state index contributed by atoms with van der Waals surface area (Å²) in [7, 11) is -1.43. The van der Waals surface area contributed by atoms with Gasteiger partial charge in [-0.1, -0.05) is 6.42 Å². The summed E-state index contributed by atoms with van der Waals surface area (Å²) in [5.41, 5.74) is 0. The first kappa shape index (κ1) is 11.2. The summed E-state index contributed by atoms with van der Waals surface area (Å²) >= 11 is 0. The lowest BCUT2D eigenvalue weighted by Crippen LogP contribution is -2.41. The van der Waals surface area contributed by atoms with E-state index >= 15 is 0 Å². The summed E-state index contributed by atoms with van der Waals surface area (Å²) in [6.07, 6.45) is 2.41. The standard InChI is InChI=1S/C9H20O3Si/c1-13(2)5-3-4-9(12-13)6-8(11)7-10/h8-11H,3-7H2,1-2H3. The highest BCUT2D eigenvalue weighted by molar-refractivity contribution is 6.71. The maximum absolute atomic E-state index is 9.27. The van der Waals surface area contributed by atoms with Crippen LogP contribution in [0.15, 0.2) is 0 Å². The summed E-state index contributed by atoms with van der Waals surface area (Å²) in [6.45, 7) is 4.27. The first-order chi connectivity index (χ1) is 6.03. The summed E-state index contributed by atoms with van der Waals surface area (Å²) in [6, 6.07) is 1.22. The number of aliphatic hydroxyl groups excluding tert-OH is 2. The summed E-state index contributed by atoms with van der Waals surface area (Å²) in [4.78, 5) is 0. The van der Waals surface area contributed by atoms with Gasteiger partial charge in [0.15, 0.2) is 8.32 Å². The molecule has 1 fully saturated rings. The number of rotatable bonds is 3. The van der Waals surface area contributed by atoms with E-state index in [4.69, 9.17) is 9.53 Å². The van der Waals surface area contributed by atoms with E-state index in [9.17, 15) is 5.11 Å². The maximum atomic E-state index is 9.27. The monoisotopic (exact) mass is 204 g/mol. The van der Waals surface area contributed by atoms with Crippen LogP contribution in [0.4, 0.5) is 0 Å². The SMILES string of the molecule is C[Si]1(C)CCCC(CC(O)CO)O1. The average molecular weight is 204 g/mol. The van der Waals surface area contributed by atoms with Gasteiger partial charge in [-0.05, 0) is 25.6 Å². The van der Waals surface area contributed by atoms with Gasteiger partial charge in [-0.3, -0.25) is 0 Å². The highest BCUT2D eigenvalue weighted by Gasteiger charge is 2.31. The first-order valence-corrected chi connectivity index (χ1v) is 8.12. The van der Waals surface area contributed by atoms with Crippen molar-refractivity contribution in [3.05, 3.63) is 0 Å². The Balaban J connectivity index is 2.34. The molecule has 0 radical (unpaired) electrons. The molecule has 2 unspecified atom stereocenters. The Morgan fingerprint density at radius 1 is 1.54 bits per heavy atom. The largest absolute Gasteiger partial charge is 0.414 e. The van der Waals surface area contributed by atoms with Gasteiger partial charge in [0.2, 0.25) is 0 Å². The van der Waals surface area contributed by atoms with Crippen LogP contribution < -0.4 is 0 Å². The van der Waals surface area contributed by atoms with Crippen molar-refractivity contribution in [1.29, 1.82) is 0 Å². The summed E-state index contributed by atoms with van der Waals surface area (Å²) in [5.74, 6) is 0. The highest BCUT2D eigenvalue weighted by Crippen LogP contribution is 2.27. The van der Waals surface area contributed by atoms with Crippen LogP contribution in [0.25, 0.3) is 0 Å². The van der Waals surface area contributed by atoms with Crippen molar-refractivity contribution in [1.82, 2.24) is 0 Å². The Kier molecular flexibility index (Phi) is 3.91. The van der Waals surface area contributed by atoms with E-state index in [0.29, 0.717) is 6.42 Å². The third-order valence-corrected chi connectivity index (χ3v) is 5.07. The lowest BCUT2D eigenvalue weighted by Gasteiger charge is -2.35. The minimum absolute atomic E-state index is 0.151. The molecule has 0 aromatic rings. The maximum Gasteiger partial charge on any atom is 0.187 e. The van der Waals surface area contributed by atoms with E-state index < -0.39 is 14.4 Å². The second kappa shape index (κ2) is 4.55. The highest BCUT2D eigenvalue weighted by atomic mass is 28.4. The molecular formula is C9H20O3Si. The Morgan fingerprint density at radius 3 is 2.77 bits per heavy atom. The minimum atomic E-state index is -1.43. The zero-order chi connectivity index (χ0) is 9.90. The zero-order valence-corrected chi connectivity index (χ0v) is 9.49. The van der Waals surface area contributed by atoms with Crippen molar-refractivity contribution >= 4 is 8.32 Å². The van der Waals surface area contributed by atoms with Crippen LogP contribution in [-0.2, 0) is 4.43 Å². The van der Waals surface area contributed by atoms with Gasteiger partial charge in [0.1, 0.15) is 0 Å².